The van der Waals surface area contributed by atoms with Gasteiger partial charge in [0, 0.05) is 18.4 Å². The molecule has 3 nitrogen and oxygen atoms in total. The molecule has 2 aromatic carbocycles. The van der Waals surface area contributed by atoms with E-state index in [4.69, 9.17) is 25.8 Å². The number of ether oxygens (including phenoxy) is 3. The molecule has 1 heterocycles. The molecule has 0 saturated heterocycles. The second kappa shape index (κ2) is 8.22. The Kier molecular flexibility index (Phi) is 5.98. The molecule has 1 aliphatic rings. The van der Waals surface area contributed by atoms with E-state index in [1.54, 1.807) is 0 Å². The lowest BCUT2D eigenvalue weighted by Gasteiger charge is -2.18. The van der Waals surface area contributed by atoms with Crippen LogP contribution in [0.5, 0.6) is 17.2 Å². The van der Waals surface area contributed by atoms with Crippen LogP contribution in [0.25, 0.3) is 0 Å². The van der Waals surface area contributed by atoms with Gasteiger partial charge in [-0.15, -0.1) is 0 Å². The third-order valence-electron chi connectivity index (χ3n) is 4.21. The maximum atomic E-state index is 6.35. The standard InChI is InChI=1S/C22H27ClO3/c1-22(2,3)15-16-5-7-21(19(23)13-16)25-11-4-10-24-18-6-8-20-17(14-18)9-12-26-20/h5-8,13-14H,4,9-12,15H2,1-3H3. The van der Waals surface area contributed by atoms with Crippen molar-refractivity contribution in [3.8, 4) is 17.2 Å². The third kappa shape index (κ3) is 5.31. The molecule has 0 N–H and O–H groups in total. The van der Waals surface area contributed by atoms with Crippen molar-refractivity contribution in [1.82, 2.24) is 0 Å². The topological polar surface area (TPSA) is 27.7 Å². The smallest absolute Gasteiger partial charge is 0.137 e. The Hall–Kier alpha value is -1.87. The number of hydrogen-bond acceptors (Lipinski definition) is 3. The van der Waals surface area contributed by atoms with Gasteiger partial charge in [-0.25, -0.2) is 0 Å². The van der Waals surface area contributed by atoms with Gasteiger partial charge in [-0.1, -0.05) is 38.4 Å². The van der Waals surface area contributed by atoms with E-state index in [9.17, 15) is 0 Å². The lowest BCUT2D eigenvalue weighted by Crippen LogP contribution is -2.09. The summed E-state index contributed by atoms with van der Waals surface area (Å²) in [5.74, 6) is 2.60. The predicted octanol–water partition coefficient (Wildman–Crippen LogP) is 5.71. The number of hydrogen-bond donors (Lipinski definition) is 0. The van der Waals surface area contributed by atoms with Crippen LogP contribution < -0.4 is 14.2 Å². The number of benzene rings is 2. The van der Waals surface area contributed by atoms with Gasteiger partial charge in [-0.2, -0.15) is 0 Å². The minimum atomic E-state index is 0.243. The van der Waals surface area contributed by atoms with Gasteiger partial charge in [0.1, 0.15) is 17.2 Å². The quantitative estimate of drug-likeness (QED) is 0.581. The van der Waals surface area contributed by atoms with Crippen LogP contribution in [0.2, 0.25) is 5.02 Å². The summed E-state index contributed by atoms with van der Waals surface area (Å²) in [5, 5.41) is 0.672. The third-order valence-corrected chi connectivity index (χ3v) is 4.50. The van der Waals surface area contributed by atoms with E-state index in [1.807, 2.05) is 24.3 Å². The summed E-state index contributed by atoms with van der Waals surface area (Å²) < 4.78 is 17.1. The van der Waals surface area contributed by atoms with Crippen molar-refractivity contribution in [2.75, 3.05) is 19.8 Å². The fourth-order valence-corrected chi connectivity index (χ4v) is 3.33. The Labute approximate surface area is 161 Å². The zero-order valence-corrected chi connectivity index (χ0v) is 16.6. The van der Waals surface area contributed by atoms with Crippen molar-refractivity contribution >= 4 is 11.6 Å². The average Bonchev–Trinajstić information content (AvgIpc) is 3.02. The van der Waals surface area contributed by atoms with E-state index < -0.39 is 0 Å². The van der Waals surface area contributed by atoms with Crippen molar-refractivity contribution in [3.05, 3.63) is 52.5 Å². The predicted molar refractivity (Wildman–Crippen MR) is 106 cm³/mol. The van der Waals surface area contributed by atoms with Crippen LogP contribution in [-0.2, 0) is 12.8 Å². The zero-order chi connectivity index (χ0) is 18.6. The molecule has 0 atom stereocenters. The second-order valence-electron chi connectivity index (χ2n) is 7.92. The van der Waals surface area contributed by atoms with Gasteiger partial charge in [0.2, 0.25) is 0 Å². The zero-order valence-electron chi connectivity index (χ0n) is 15.8. The summed E-state index contributed by atoms with van der Waals surface area (Å²) >= 11 is 6.35. The molecule has 0 bridgehead atoms. The van der Waals surface area contributed by atoms with Gasteiger partial charge < -0.3 is 14.2 Å². The minimum absolute atomic E-state index is 0.243. The van der Waals surface area contributed by atoms with Crippen LogP contribution in [0.4, 0.5) is 0 Å². The van der Waals surface area contributed by atoms with Crippen molar-refractivity contribution < 1.29 is 14.2 Å². The first-order valence-electron chi connectivity index (χ1n) is 9.20. The van der Waals surface area contributed by atoms with E-state index in [0.29, 0.717) is 18.2 Å². The van der Waals surface area contributed by atoms with Crippen LogP contribution in [0, 0.1) is 5.41 Å². The van der Waals surface area contributed by atoms with Crippen LogP contribution >= 0.6 is 11.6 Å². The van der Waals surface area contributed by atoms with Crippen molar-refractivity contribution in [2.24, 2.45) is 5.41 Å². The highest BCUT2D eigenvalue weighted by molar-refractivity contribution is 6.32. The Balaban J connectivity index is 1.42. The molecular formula is C22H27ClO3. The van der Waals surface area contributed by atoms with Gasteiger partial charge >= 0.3 is 0 Å². The molecule has 0 fully saturated rings. The van der Waals surface area contributed by atoms with E-state index in [2.05, 4.69) is 32.9 Å². The Bertz CT molecular complexity index is 750. The van der Waals surface area contributed by atoms with Crippen LogP contribution in [0.1, 0.15) is 38.3 Å². The van der Waals surface area contributed by atoms with Gasteiger partial charge in [0.15, 0.2) is 0 Å². The normalized spacial score (nSPS) is 13.2. The SMILES string of the molecule is CC(C)(C)Cc1ccc(OCCCOc2ccc3c(c2)CCO3)c(Cl)c1. The van der Waals surface area contributed by atoms with Gasteiger partial charge in [-0.05, 0) is 47.7 Å². The largest absolute Gasteiger partial charge is 0.493 e. The van der Waals surface area contributed by atoms with E-state index >= 15 is 0 Å². The molecule has 0 radical (unpaired) electrons. The molecule has 0 unspecified atom stereocenters. The minimum Gasteiger partial charge on any atom is -0.493 e. The lowest BCUT2D eigenvalue weighted by atomic mass is 9.88. The first-order chi connectivity index (χ1) is 12.4. The molecule has 2 aromatic rings. The number of fused-ring (bicyclic) bond motifs is 1. The first kappa shape index (κ1) is 18.9. The summed E-state index contributed by atoms with van der Waals surface area (Å²) in [4.78, 5) is 0. The van der Waals surface area contributed by atoms with E-state index in [1.165, 1.54) is 11.1 Å². The van der Waals surface area contributed by atoms with E-state index in [-0.39, 0.29) is 5.41 Å². The highest BCUT2D eigenvalue weighted by Crippen LogP contribution is 2.30. The molecule has 4 heteroatoms. The molecule has 0 amide bonds. The summed E-state index contributed by atoms with van der Waals surface area (Å²) in [7, 11) is 0. The van der Waals surface area contributed by atoms with Gasteiger partial charge in [0.05, 0.1) is 24.8 Å². The number of rotatable bonds is 7. The van der Waals surface area contributed by atoms with Gasteiger partial charge in [0.25, 0.3) is 0 Å². The fraction of sp³-hybridized carbons (Fsp3) is 0.455. The fourth-order valence-electron chi connectivity index (χ4n) is 3.07. The summed E-state index contributed by atoms with van der Waals surface area (Å²) in [6, 6.07) is 12.1. The molecule has 0 spiro atoms. The van der Waals surface area contributed by atoms with Crippen molar-refractivity contribution in [2.45, 2.75) is 40.0 Å². The van der Waals surface area contributed by atoms with E-state index in [0.717, 1.165) is 43.1 Å². The first-order valence-corrected chi connectivity index (χ1v) is 9.58. The Morgan fingerprint density at radius 3 is 2.62 bits per heavy atom. The maximum Gasteiger partial charge on any atom is 0.137 e. The Morgan fingerprint density at radius 1 is 1.04 bits per heavy atom. The second-order valence-corrected chi connectivity index (χ2v) is 8.33. The number of halogens is 1. The highest BCUT2D eigenvalue weighted by Gasteiger charge is 2.13. The molecular weight excluding hydrogens is 348 g/mol. The van der Waals surface area contributed by atoms with Crippen LogP contribution in [0.3, 0.4) is 0 Å². The molecule has 0 saturated carbocycles. The summed E-state index contributed by atoms with van der Waals surface area (Å²) in [6.07, 6.45) is 2.75. The highest BCUT2D eigenvalue weighted by atomic mass is 35.5. The maximum absolute atomic E-state index is 6.35. The summed E-state index contributed by atoms with van der Waals surface area (Å²) in [5.41, 5.74) is 2.70. The molecule has 3 rings (SSSR count). The van der Waals surface area contributed by atoms with Crippen molar-refractivity contribution in [3.63, 3.8) is 0 Å². The summed E-state index contributed by atoms with van der Waals surface area (Å²) in [6.45, 7) is 8.62. The molecule has 0 aliphatic carbocycles. The monoisotopic (exact) mass is 374 g/mol. The van der Waals surface area contributed by atoms with Crippen LogP contribution in [0.15, 0.2) is 36.4 Å². The van der Waals surface area contributed by atoms with Crippen LogP contribution in [-0.4, -0.2) is 19.8 Å². The molecule has 1 aliphatic heterocycles. The molecule has 0 aromatic heterocycles. The molecule has 26 heavy (non-hydrogen) atoms. The van der Waals surface area contributed by atoms with Gasteiger partial charge in [-0.3, -0.25) is 0 Å². The lowest BCUT2D eigenvalue weighted by molar-refractivity contribution is 0.247. The average molecular weight is 375 g/mol. The van der Waals surface area contributed by atoms with Crippen molar-refractivity contribution in [1.29, 1.82) is 0 Å². The molecule has 140 valence electrons. The Morgan fingerprint density at radius 2 is 1.85 bits per heavy atom.